The minimum absolute atomic E-state index is 0.328. The average Bonchev–Trinajstić information content (AvgIpc) is 2.70. The van der Waals surface area contributed by atoms with Crippen molar-refractivity contribution in [3.8, 4) is 0 Å². The van der Waals surface area contributed by atoms with Gasteiger partial charge in [0.25, 0.3) is 0 Å². The SMILES string of the molecule is OC(Cc1ccsc1)c1c(F)cccc1Br. The summed E-state index contributed by atoms with van der Waals surface area (Å²) in [5.41, 5.74) is 1.35. The summed E-state index contributed by atoms with van der Waals surface area (Å²) in [5, 5.41) is 13.9. The van der Waals surface area contributed by atoms with Crippen LogP contribution in [0.3, 0.4) is 0 Å². The summed E-state index contributed by atoms with van der Waals surface area (Å²) in [6, 6.07) is 6.63. The maximum absolute atomic E-state index is 13.5. The van der Waals surface area contributed by atoms with Crippen LogP contribution >= 0.6 is 27.3 Å². The third-order valence-corrected chi connectivity index (χ3v) is 3.77. The van der Waals surface area contributed by atoms with E-state index < -0.39 is 6.10 Å². The first-order valence-electron chi connectivity index (χ1n) is 4.81. The highest BCUT2D eigenvalue weighted by atomic mass is 79.9. The summed E-state index contributed by atoms with van der Waals surface area (Å²) in [6.07, 6.45) is -0.381. The lowest BCUT2D eigenvalue weighted by molar-refractivity contribution is 0.173. The molecule has 1 unspecified atom stereocenters. The van der Waals surface area contributed by atoms with Gasteiger partial charge in [-0.05, 0) is 34.5 Å². The second-order valence-corrected chi connectivity index (χ2v) is 5.12. The second-order valence-electron chi connectivity index (χ2n) is 3.49. The third kappa shape index (κ3) is 2.51. The number of thiophene rings is 1. The number of aliphatic hydroxyl groups is 1. The summed E-state index contributed by atoms with van der Waals surface area (Å²) < 4.78 is 14.1. The lowest BCUT2D eigenvalue weighted by Gasteiger charge is -2.12. The number of rotatable bonds is 3. The van der Waals surface area contributed by atoms with Crippen LogP contribution in [0.2, 0.25) is 0 Å². The first-order valence-corrected chi connectivity index (χ1v) is 6.55. The molecule has 0 saturated carbocycles. The summed E-state index contributed by atoms with van der Waals surface area (Å²) in [7, 11) is 0. The maximum atomic E-state index is 13.5. The van der Waals surface area contributed by atoms with Crippen LogP contribution in [0.4, 0.5) is 4.39 Å². The molecule has 0 bridgehead atoms. The van der Waals surface area contributed by atoms with E-state index in [2.05, 4.69) is 15.9 Å². The average molecular weight is 301 g/mol. The predicted octanol–water partition coefficient (Wildman–Crippen LogP) is 3.93. The van der Waals surface area contributed by atoms with Gasteiger partial charge in [0.2, 0.25) is 0 Å². The summed E-state index contributed by atoms with van der Waals surface area (Å²) in [4.78, 5) is 0. The molecule has 0 saturated heterocycles. The third-order valence-electron chi connectivity index (χ3n) is 2.34. The number of aliphatic hydroxyl groups excluding tert-OH is 1. The van der Waals surface area contributed by atoms with Crippen LogP contribution in [-0.2, 0) is 6.42 Å². The van der Waals surface area contributed by atoms with E-state index in [0.29, 0.717) is 16.5 Å². The Bertz CT molecular complexity index is 450. The number of benzene rings is 1. The fourth-order valence-corrected chi connectivity index (χ4v) is 2.85. The summed E-state index contributed by atoms with van der Waals surface area (Å²) in [6.45, 7) is 0. The van der Waals surface area contributed by atoms with E-state index in [1.54, 1.807) is 23.5 Å². The van der Waals surface area contributed by atoms with E-state index in [9.17, 15) is 9.50 Å². The normalized spacial score (nSPS) is 12.7. The first kappa shape index (κ1) is 11.8. The lowest BCUT2D eigenvalue weighted by Crippen LogP contribution is -2.04. The predicted molar refractivity (Wildman–Crippen MR) is 67.1 cm³/mol. The van der Waals surface area contributed by atoms with Gasteiger partial charge in [0.15, 0.2) is 0 Å². The van der Waals surface area contributed by atoms with Crippen molar-refractivity contribution >= 4 is 27.3 Å². The quantitative estimate of drug-likeness (QED) is 0.911. The van der Waals surface area contributed by atoms with Crippen molar-refractivity contribution in [2.24, 2.45) is 0 Å². The second kappa shape index (κ2) is 5.08. The first-order chi connectivity index (χ1) is 7.68. The topological polar surface area (TPSA) is 20.2 Å². The van der Waals surface area contributed by atoms with E-state index in [4.69, 9.17) is 0 Å². The van der Waals surface area contributed by atoms with E-state index >= 15 is 0 Å². The Morgan fingerprint density at radius 2 is 2.19 bits per heavy atom. The van der Waals surface area contributed by atoms with Crippen LogP contribution < -0.4 is 0 Å². The van der Waals surface area contributed by atoms with Crippen LogP contribution in [0.1, 0.15) is 17.2 Å². The zero-order chi connectivity index (χ0) is 11.5. The van der Waals surface area contributed by atoms with Gasteiger partial charge in [0.05, 0.1) is 6.10 Å². The number of hydrogen-bond acceptors (Lipinski definition) is 2. The Morgan fingerprint density at radius 3 is 2.81 bits per heavy atom. The number of halogens is 2. The highest BCUT2D eigenvalue weighted by Crippen LogP contribution is 2.28. The zero-order valence-electron chi connectivity index (χ0n) is 8.36. The molecule has 1 atom stereocenters. The van der Waals surface area contributed by atoms with Crippen molar-refractivity contribution in [1.82, 2.24) is 0 Å². The van der Waals surface area contributed by atoms with Crippen molar-refractivity contribution in [1.29, 1.82) is 0 Å². The molecular weight excluding hydrogens is 291 g/mol. The molecule has 1 heterocycles. The van der Waals surface area contributed by atoms with Crippen LogP contribution in [0.5, 0.6) is 0 Å². The van der Waals surface area contributed by atoms with E-state index in [1.807, 2.05) is 16.8 Å². The largest absolute Gasteiger partial charge is 0.388 e. The fraction of sp³-hybridized carbons (Fsp3) is 0.167. The molecule has 1 nitrogen and oxygen atoms in total. The molecule has 0 radical (unpaired) electrons. The van der Waals surface area contributed by atoms with Crippen LogP contribution in [0, 0.1) is 5.82 Å². The molecule has 2 aromatic rings. The van der Waals surface area contributed by atoms with Crippen LogP contribution in [0.15, 0.2) is 39.5 Å². The van der Waals surface area contributed by atoms with E-state index in [1.165, 1.54) is 6.07 Å². The molecule has 0 spiro atoms. The molecule has 4 heteroatoms. The molecule has 1 N–H and O–H groups in total. The molecule has 1 aromatic carbocycles. The van der Waals surface area contributed by atoms with Crippen molar-refractivity contribution in [3.05, 3.63) is 56.4 Å². The Hall–Kier alpha value is -0.710. The molecule has 0 fully saturated rings. The zero-order valence-corrected chi connectivity index (χ0v) is 10.8. The van der Waals surface area contributed by atoms with Crippen LogP contribution in [0.25, 0.3) is 0 Å². The Balaban J connectivity index is 2.24. The standard InChI is InChI=1S/C12H10BrFOS/c13-9-2-1-3-10(14)12(9)11(15)6-8-4-5-16-7-8/h1-5,7,11,15H,6H2. The van der Waals surface area contributed by atoms with Gasteiger partial charge >= 0.3 is 0 Å². The van der Waals surface area contributed by atoms with Gasteiger partial charge in [0, 0.05) is 16.5 Å². The molecule has 0 aliphatic carbocycles. The van der Waals surface area contributed by atoms with Gasteiger partial charge in [-0.1, -0.05) is 22.0 Å². The molecule has 1 aromatic heterocycles. The lowest BCUT2D eigenvalue weighted by atomic mass is 10.0. The van der Waals surface area contributed by atoms with Gasteiger partial charge in [-0.15, -0.1) is 0 Å². The summed E-state index contributed by atoms with van der Waals surface area (Å²) in [5.74, 6) is -0.378. The Labute approximate surface area is 106 Å². The maximum Gasteiger partial charge on any atom is 0.130 e. The minimum Gasteiger partial charge on any atom is -0.388 e. The van der Waals surface area contributed by atoms with Crippen molar-refractivity contribution in [2.75, 3.05) is 0 Å². The highest BCUT2D eigenvalue weighted by molar-refractivity contribution is 9.10. The molecule has 0 amide bonds. The van der Waals surface area contributed by atoms with Crippen LogP contribution in [-0.4, -0.2) is 5.11 Å². The van der Waals surface area contributed by atoms with Gasteiger partial charge in [-0.3, -0.25) is 0 Å². The van der Waals surface area contributed by atoms with E-state index in [0.717, 1.165) is 5.56 Å². The molecular formula is C12H10BrFOS. The number of hydrogen-bond donors (Lipinski definition) is 1. The Morgan fingerprint density at radius 1 is 1.38 bits per heavy atom. The minimum atomic E-state index is -0.815. The van der Waals surface area contributed by atoms with Gasteiger partial charge < -0.3 is 5.11 Å². The molecule has 2 rings (SSSR count). The van der Waals surface area contributed by atoms with E-state index in [-0.39, 0.29) is 5.82 Å². The molecule has 16 heavy (non-hydrogen) atoms. The van der Waals surface area contributed by atoms with Gasteiger partial charge in [-0.2, -0.15) is 11.3 Å². The molecule has 0 aliphatic heterocycles. The fourth-order valence-electron chi connectivity index (χ4n) is 1.56. The monoisotopic (exact) mass is 300 g/mol. The van der Waals surface area contributed by atoms with Gasteiger partial charge in [-0.25, -0.2) is 4.39 Å². The van der Waals surface area contributed by atoms with Gasteiger partial charge in [0.1, 0.15) is 5.82 Å². The molecule has 84 valence electrons. The Kier molecular flexibility index (Phi) is 3.74. The molecule has 0 aliphatic rings. The van der Waals surface area contributed by atoms with Crippen molar-refractivity contribution in [3.63, 3.8) is 0 Å². The summed E-state index contributed by atoms with van der Waals surface area (Å²) >= 11 is 4.82. The highest BCUT2D eigenvalue weighted by Gasteiger charge is 2.16. The van der Waals surface area contributed by atoms with Crippen molar-refractivity contribution in [2.45, 2.75) is 12.5 Å². The smallest absolute Gasteiger partial charge is 0.130 e. The van der Waals surface area contributed by atoms with Crippen molar-refractivity contribution < 1.29 is 9.50 Å².